The number of hydrogen-bond acceptors (Lipinski definition) is 6. The first kappa shape index (κ1) is 11.3. The number of nitrogens with two attached hydrogens (primary N) is 1. The van der Waals surface area contributed by atoms with Crippen LogP contribution in [-0.4, -0.2) is 41.6 Å². The predicted octanol–water partition coefficient (Wildman–Crippen LogP) is -1.39. The van der Waals surface area contributed by atoms with Crippen LogP contribution in [0.2, 0.25) is 0 Å². The Labute approximate surface area is 98.3 Å². The SMILES string of the molecule is N#Cc1cncnc1N1CCNCC1C(N)=O. The molecule has 0 bridgehead atoms. The molecule has 0 spiro atoms. The van der Waals surface area contributed by atoms with Crippen LogP contribution in [0.4, 0.5) is 5.82 Å². The summed E-state index contributed by atoms with van der Waals surface area (Å²) >= 11 is 0. The molecule has 1 saturated heterocycles. The molecular formula is C10H12N6O. The van der Waals surface area contributed by atoms with Gasteiger partial charge in [-0.1, -0.05) is 0 Å². The average Bonchev–Trinajstić information content (AvgIpc) is 2.38. The van der Waals surface area contributed by atoms with Crippen molar-refractivity contribution in [2.75, 3.05) is 24.5 Å². The van der Waals surface area contributed by atoms with E-state index in [1.54, 1.807) is 4.90 Å². The van der Waals surface area contributed by atoms with Crippen molar-refractivity contribution in [1.82, 2.24) is 15.3 Å². The quantitative estimate of drug-likeness (QED) is 0.650. The van der Waals surface area contributed by atoms with Crippen molar-refractivity contribution in [2.45, 2.75) is 6.04 Å². The third kappa shape index (κ3) is 2.16. The lowest BCUT2D eigenvalue weighted by Crippen LogP contribution is -2.57. The Morgan fingerprint density at radius 2 is 2.53 bits per heavy atom. The van der Waals surface area contributed by atoms with Gasteiger partial charge in [-0.2, -0.15) is 5.26 Å². The molecule has 88 valence electrons. The lowest BCUT2D eigenvalue weighted by atomic mass is 10.1. The Morgan fingerprint density at radius 1 is 1.71 bits per heavy atom. The molecule has 0 radical (unpaired) electrons. The number of hydrogen-bond donors (Lipinski definition) is 2. The number of primary amides is 1. The van der Waals surface area contributed by atoms with Crippen molar-refractivity contribution in [3.05, 3.63) is 18.1 Å². The standard InChI is InChI=1S/C10H12N6O/c11-3-7-4-14-6-15-10(7)16-2-1-13-5-8(16)9(12)17/h4,6,8,13H,1-2,5H2,(H2,12,17). The maximum atomic E-state index is 11.4. The van der Waals surface area contributed by atoms with Crippen molar-refractivity contribution < 1.29 is 4.79 Å². The molecule has 2 rings (SSSR count). The van der Waals surface area contributed by atoms with Crippen LogP contribution in [0, 0.1) is 11.3 Å². The van der Waals surface area contributed by atoms with Crippen LogP contribution in [0.3, 0.4) is 0 Å². The molecule has 1 aromatic heterocycles. The Balaban J connectivity index is 2.36. The number of anilines is 1. The highest BCUT2D eigenvalue weighted by atomic mass is 16.1. The molecule has 0 saturated carbocycles. The fourth-order valence-electron chi connectivity index (χ4n) is 1.84. The van der Waals surface area contributed by atoms with Crippen molar-refractivity contribution in [2.24, 2.45) is 5.73 Å². The molecule has 7 nitrogen and oxygen atoms in total. The number of amides is 1. The third-order valence-electron chi connectivity index (χ3n) is 2.66. The molecule has 1 aromatic rings. The van der Waals surface area contributed by atoms with Gasteiger partial charge in [0.05, 0.1) is 6.20 Å². The fraction of sp³-hybridized carbons (Fsp3) is 0.400. The Morgan fingerprint density at radius 3 is 3.24 bits per heavy atom. The first-order valence-corrected chi connectivity index (χ1v) is 5.21. The smallest absolute Gasteiger partial charge is 0.241 e. The summed E-state index contributed by atoms with van der Waals surface area (Å²) in [6, 6.07) is 1.53. The van der Waals surface area contributed by atoms with Gasteiger partial charge in [0.1, 0.15) is 24.0 Å². The summed E-state index contributed by atoms with van der Waals surface area (Å²) in [5, 5.41) is 12.1. The lowest BCUT2D eigenvalue weighted by Gasteiger charge is -2.35. The van der Waals surface area contributed by atoms with Gasteiger partial charge in [-0.05, 0) is 0 Å². The highest BCUT2D eigenvalue weighted by molar-refractivity contribution is 5.84. The molecule has 2 heterocycles. The minimum Gasteiger partial charge on any atom is -0.368 e. The molecule has 1 fully saturated rings. The summed E-state index contributed by atoms with van der Waals surface area (Å²) in [4.78, 5) is 21.0. The number of carbonyl (C=O) groups excluding carboxylic acids is 1. The predicted molar refractivity (Wildman–Crippen MR) is 59.9 cm³/mol. The van der Waals surface area contributed by atoms with Crippen molar-refractivity contribution in [3.8, 4) is 6.07 Å². The number of piperazine rings is 1. The van der Waals surface area contributed by atoms with E-state index in [2.05, 4.69) is 15.3 Å². The van der Waals surface area contributed by atoms with E-state index in [4.69, 9.17) is 11.0 Å². The number of carbonyl (C=O) groups is 1. The second kappa shape index (κ2) is 4.76. The van der Waals surface area contributed by atoms with Crippen LogP contribution in [0.5, 0.6) is 0 Å². The molecule has 7 heteroatoms. The van der Waals surface area contributed by atoms with Gasteiger partial charge in [0.2, 0.25) is 5.91 Å². The monoisotopic (exact) mass is 232 g/mol. The number of nitrogens with one attached hydrogen (secondary N) is 1. The molecule has 1 unspecified atom stereocenters. The molecule has 3 N–H and O–H groups in total. The van der Waals surface area contributed by atoms with Crippen LogP contribution in [0.15, 0.2) is 12.5 Å². The van der Waals surface area contributed by atoms with Crippen LogP contribution in [-0.2, 0) is 4.79 Å². The van der Waals surface area contributed by atoms with Gasteiger partial charge in [0, 0.05) is 19.6 Å². The Kier molecular flexibility index (Phi) is 3.16. The summed E-state index contributed by atoms with van der Waals surface area (Å²) in [6.07, 6.45) is 2.79. The molecule has 1 atom stereocenters. The number of nitrogens with zero attached hydrogens (tertiary/aromatic N) is 4. The molecular weight excluding hydrogens is 220 g/mol. The second-order valence-corrected chi connectivity index (χ2v) is 3.69. The van der Waals surface area contributed by atoms with E-state index in [0.717, 1.165) is 6.54 Å². The maximum Gasteiger partial charge on any atom is 0.241 e. The van der Waals surface area contributed by atoms with Crippen molar-refractivity contribution in [3.63, 3.8) is 0 Å². The Hall–Kier alpha value is -2.20. The summed E-state index contributed by atoms with van der Waals surface area (Å²) in [5.41, 5.74) is 5.69. The van der Waals surface area contributed by atoms with E-state index in [9.17, 15) is 4.79 Å². The zero-order valence-corrected chi connectivity index (χ0v) is 9.13. The van der Waals surface area contributed by atoms with Crippen LogP contribution in [0.1, 0.15) is 5.56 Å². The number of rotatable bonds is 2. The molecule has 1 aliphatic rings. The third-order valence-corrected chi connectivity index (χ3v) is 2.66. The molecule has 1 amide bonds. The topological polar surface area (TPSA) is 108 Å². The Bertz CT molecular complexity index is 468. The zero-order valence-electron chi connectivity index (χ0n) is 9.13. The molecule has 0 aromatic carbocycles. The highest BCUT2D eigenvalue weighted by Crippen LogP contribution is 2.18. The van der Waals surface area contributed by atoms with E-state index < -0.39 is 11.9 Å². The minimum absolute atomic E-state index is 0.348. The largest absolute Gasteiger partial charge is 0.368 e. The van der Waals surface area contributed by atoms with Crippen LogP contribution in [0.25, 0.3) is 0 Å². The maximum absolute atomic E-state index is 11.4. The number of aromatic nitrogens is 2. The summed E-state index contributed by atoms with van der Waals surface area (Å²) in [7, 11) is 0. The van der Waals surface area contributed by atoms with Crippen molar-refractivity contribution in [1.29, 1.82) is 5.26 Å². The molecule has 1 aliphatic heterocycles. The van der Waals surface area contributed by atoms with Gasteiger partial charge in [-0.25, -0.2) is 9.97 Å². The highest BCUT2D eigenvalue weighted by Gasteiger charge is 2.29. The van der Waals surface area contributed by atoms with Crippen LogP contribution >= 0.6 is 0 Å². The zero-order chi connectivity index (χ0) is 12.3. The van der Waals surface area contributed by atoms with Crippen molar-refractivity contribution >= 4 is 11.7 Å². The molecule has 17 heavy (non-hydrogen) atoms. The average molecular weight is 232 g/mol. The van der Waals surface area contributed by atoms with E-state index >= 15 is 0 Å². The summed E-state index contributed by atoms with van der Waals surface area (Å²) in [6.45, 7) is 1.77. The second-order valence-electron chi connectivity index (χ2n) is 3.69. The number of nitriles is 1. The lowest BCUT2D eigenvalue weighted by molar-refractivity contribution is -0.119. The normalized spacial score (nSPS) is 19.7. The fourth-order valence-corrected chi connectivity index (χ4v) is 1.84. The molecule has 0 aliphatic carbocycles. The summed E-state index contributed by atoms with van der Waals surface area (Å²) in [5.74, 6) is 0.0347. The van der Waals surface area contributed by atoms with Gasteiger partial charge in [0.25, 0.3) is 0 Å². The minimum atomic E-state index is -0.481. The van der Waals surface area contributed by atoms with E-state index in [1.165, 1.54) is 12.5 Å². The summed E-state index contributed by atoms with van der Waals surface area (Å²) < 4.78 is 0. The first-order chi connectivity index (χ1) is 8.24. The van der Waals surface area contributed by atoms with Gasteiger partial charge >= 0.3 is 0 Å². The van der Waals surface area contributed by atoms with E-state index in [0.29, 0.717) is 24.5 Å². The van der Waals surface area contributed by atoms with Gasteiger partial charge < -0.3 is 16.0 Å². The van der Waals surface area contributed by atoms with Gasteiger partial charge in [0.15, 0.2) is 5.82 Å². The van der Waals surface area contributed by atoms with E-state index in [1.807, 2.05) is 6.07 Å². The van der Waals surface area contributed by atoms with E-state index in [-0.39, 0.29) is 0 Å². The van der Waals surface area contributed by atoms with Crippen LogP contribution < -0.4 is 16.0 Å². The van der Waals surface area contributed by atoms with Gasteiger partial charge in [-0.3, -0.25) is 4.79 Å². The van der Waals surface area contributed by atoms with Gasteiger partial charge in [-0.15, -0.1) is 0 Å². The first-order valence-electron chi connectivity index (χ1n) is 5.21.